The second-order valence-electron chi connectivity index (χ2n) is 3.72. The van der Waals surface area contributed by atoms with Crippen molar-refractivity contribution in [3.63, 3.8) is 0 Å². The van der Waals surface area contributed by atoms with Gasteiger partial charge in [-0.1, -0.05) is 24.3 Å². The molecule has 2 rings (SSSR count). The van der Waals surface area contributed by atoms with Crippen LogP contribution in [0.2, 0.25) is 0 Å². The minimum absolute atomic E-state index is 0.178. The van der Waals surface area contributed by atoms with Crippen LogP contribution in [0, 0.1) is 0 Å². The van der Waals surface area contributed by atoms with Crippen molar-refractivity contribution in [2.24, 2.45) is 5.73 Å². The summed E-state index contributed by atoms with van der Waals surface area (Å²) in [6, 6.07) is 10.8. The van der Waals surface area contributed by atoms with Gasteiger partial charge in [0, 0.05) is 0 Å². The van der Waals surface area contributed by atoms with Crippen molar-refractivity contribution >= 4 is 10.8 Å². The van der Waals surface area contributed by atoms with Crippen molar-refractivity contribution in [2.45, 2.75) is 13.0 Å². The molecule has 0 aliphatic carbocycles. The SMILES string of the molecule is NCCc1cccc2ccc(OC(F)F)cc12. The summed E-state index contributed by atoms with van der Waals surface area (Å²) in [7, 11) is 0. The molecule has 0 aromatic heterocycles. The Kier molecular flexibility index (Phi) is 3.54. The molecule has 0 spiro atoms. The molecule has 0 heterocycles. The Morgan fingerprint density at radius 2 is 2.00 bits per heavy atom. The van der Waals surface area contributed by atoms with Crippen LogP contribution in [0.15, 0.2) is 36.4 Å². The number of hydrogen-bond donors (Lipinski definition) is 1. The molecule has 0 unspecified atom stereocenters. The average molecular weight is 237 g/mol. The zero-order valence-electron chi connectivity index (χ0n) is 9.20. The van der Waals surface area contributed by atoms with Gasteiger partial charge < -0.3 is 10.5 Å². The van der Waals surface area contributed by atoms with E-state index in [1.54, 1.807) is 18.2 Å². The number of ether oxygens (including phenoxy) is 1. The van der Waals surface area contributed by atoms with Crippen molar-refractivity contribution in [3.05, 3.63) is 42.0 Å². The van der Waals surface area contributed by atoms with Crippen molar-refractivity contribution in [3.8, 4) is 5.75 Å². The maximum atomic E-state index is 12.1. The molecule has 0 aliphatic rings. The Morgan fingerprint density at radius 1 is 1.18 bits per heavy atom. The molecule has 0 atom stereocenters. The van der Waals surface area contributed by atoms with Gasteiger partial charge in [-0.2, -0.15) is 8.78 Å². The maximum absolute atomic E-state index is 12.1. The van der Waals surface area contributed by atoms with Gasteiger partial charge in [0.05, 0.1) is 0 Å². The summed E-state index contributed by atoms with van der Waals surface area (Å²) in [5, 5.41) is 1.91. The predicted octanol–water partition coefficient (Wildman–Crippen LogP) is 2.94. The molecule has 0 saturated heterocycles. The van der Waals surface area contributed by atoms with E-state index < -0.39 is 6.61 Å². The van der Waals surface area contributed by atoms with Gasteiger partial charge >= 0.3 is 6.61 Å². The highest BCUT2D eigenvalue weighted by Crippen LogP contribution is 2.25. The van der Waals surface area contributed by atoms with Gasteiger partial charge in [-0.3, -0.25) is 0 Å². The number of halogens is 2. The Hall–Kier alpha value is -1.68. The van der Waals surface area contributed by atoms with Crippen LogP contribution in [0.4, 0.5) is 8.78 Å². The summed E-state index contributed by atoms with van der Waals surface area (Å²) in [6.45, 7) is -2.27. The third kappa shape index (κ3) is 2.71. The topological polar surface area (TPSA) is 35.2 Å². The summed E-state index contributed by atoms with van der Waals surface area (Å²) >= 11 is 0. The fourth-order valence-electron chi connectivity index (χ4n) is 1.87. The van der Waals surface area contributed by atoms with Crippen LogP contribution in [-0.2, 0) is 6.42 Å². The monoisotopic (exact) mass is 237 g/mol. The fraction of sp³-hybridized carbons (Fsp3) is 0.231. The second-order valence-corrected chi connectivity index (χ2v) is 3.72. The van der Waals surface area contributed by atoms with E-state index in [4.69, 9.17) is 5.73 Å². The minimum Gasteiger partial charge on any atom is -0.435 e. The van der Waals surface area contributed by atoms with Gasteiger partial charge in [-0.15, -0.1) is 0 Å². The first kappa shape index (κ1) is 11.8. The molecule has 17 heavy (non-hydrogen) atoms. The van der Waals surface area contributed by atoms with E-state index in [2.05, 4.69) is 4.74 Å². The van der Waals surface area contributed by atoms with Gasteiger partial charge in [0.25, 0.3) is 0 Å². The Morgan fingerprint density at radius 3 is 2.71 bits per heavy atom. The maximum Gasteiger partial charge on any atom is 0.387 e. The van der Waals surface area contributed by atoms with Crippen LogP contribution in [0.25, 0.3) is 10.8 Å². The lowest BCUT2D eigenvalue weighted by molar-refractivity contribution is -0.0497. The van der Waals surface area contributed by atoms with Crippen LogP contribution in [0.1, 0.15) is 5.56 Å². The van der Waals surface area contributed by atoms with E-state index in [1.165, 1.54) is 0 Å². The molecule has 90 valence electrons. The normalized spacial score (nSPS) is 11.1. The van der Waals surface area contributed by atoms with Crippen LogP contribution in [0.3, 0.4) is 0 Å². The Labute approximate surface area is 98.0 Å². The lowest BCUT2D eigenvalue weighted by Crippen LogP contribution is -2.04. The first-order chi connectivity index (χ1) is 8.20. The summed E-state index contributed by atoms with van der Waals surface area (Å²) in [5.74, 6) is 0.178. The Balaban J connectivity index is 2.45. The highest BCUT2D eigenvalue weighted by molar-refractivity contribution is 5.87. The first-order valence-corrected chi connectivity index (χ1v) is 5.37. The standard InChI is InChI=1S/C13H13F2NO/c14-13(15)17-11-5-4-9-2-1-3-10(6-7-16)12(9)8-11/h1-5,8,13H,6-7,16H2. The molecule has 0 aliphatic heterocycles. The fourth-order valence-corrected chi connectivity index (χ4v) is 1.87. The molecule has 0 amide bonds. The molecule has 4 heteroatoms. The number of hydrogen-bond acceptors (Lipinski definition) is 2. The molecule has 2 aromatic carbocycles. The first-order valence-electron chi connectivity index (χ1n) is 5.37. The predicted molar refractivity (Wildman–Crippen MR) is 63.3 cm³/mol. The molecule has 0 radical (unpaired) electrons. The quantitative estimate of drug-likeness (QED) is 0.887. The molecule has 0 saturated carbocycles. The van der Waals surface area contributed by atoms with Gasteiger partial charge in [-0.25, -0.2) is 0 Å². The van der Waals surface area contributed by atoms with Gasteiger partial charge in [0.15, 0.2) is 0 Å². The number of alkyl halides is 2. The van der Waals surface area contributed by atoms with E-state index >= 15 is 0 Å². The zero-order valence-corrected chi connectivity index (χ0v) is 9.20. The number of rotatable bonds is 4. The van der Waals surface area contributed by atoms with E-state index in [9.17, 15) is 8.78 Å². The molecule has 2 aromatic rings. The van der Waals surface area contributed by atoms with Crippen molar-refractivity contribution in [2.75, 3.05) is 6.54 Å². The highest BCUT2D eigenvalue weighted by Gasteiger charge is 2.06. The smallest absolute Gasteiger partial charge is 0.387 e. The summed E-state index contributed by atoms with van der Waals surface area (Å²) in [4.78, 5) is 0. The van der Waals surface area contributed by atoms with Gasteiger partial charge in [0.2, 0.25) is 0 Å². The molecule has 2 nitrogen and oxygen atoms in total. The molecular weight excluding hydrogens is 224 g/mol. The molecular formula is C13H13F2NO. The van der Waals surface area contributed by atoms with Crippen molar-refractivity contribution < 1.29 is 13.5 Å². The van der Waals surface area contributed by atoms with Crippen molar-refractivity contribution in [1.29, 1.82) is 0 Å². The number of benzene rings is 2. The summed E-state index contributed by atoms with van der Waals surface area (Å²) < 4.78 is 28.6. The third-order valence-corrected chi connectivity index (χ3v) is 2.58. The van der Waals surface area contributed by atoms with Gasteiger partial charge in [-0.05, 0) is 41.4 Å². The minimum atomic E-state index is -2.80. The molecule has 0 bridgehead atoms. The molecule has 0 fully saturated rings. The number of nitrogens with two attached hydrogens (primary N) is 1. The lowest BCUT2D eigenvalue weighted by Gasteiger charge is -2.08. The second kappa shape index (κ2) is 5.10. The van der Waals surface area contributed by atoms with Crippen LogP contribution >= 0.6 is 0 Å². The highest BCUT2D eigenvalue weighted by atomic mass is 19.3. The molecule has 2 N–H and O–H groups in total. The van der Waals surface area contributed by atoms with E-state index in [-0.39, 0.29) is 5.75 Å². The summed E-state index contributed by atoms with van der Waals surface area (Å²) in [6.07, 6.45) is 0.718. The number of fused-ring (bicyclic) bond motifs is 1. The Bertz CT molecular complexity index is 514. The van der Waals surface area contributed by atoms with Crippen molar-refractivity contribution in [1.82, 2.24) is 0 Å². The van der Waals surface area contributed by atoms with E-state index in [0.717, 1.165) is 22.8 Å². The van der Waals surface area contributed by atoms with Crippen LogP contribution in [0.5, 0.6) is 5.75 Å². The zero-order chi connectivity index (χ0) is 12.3. The van der Waals surface area contributed by atoms with Crippen LogP contribution in [-0.4, -0.2) is 13.2 Å². The van der Waals surface area contributed by atoms with Crippen LogP contribution < -0.4 is 10.5 Å². The summed E-state index contributed by atoms with van der Waals surface area (Å²) in [5.41, 5.74) is 6.57. The van der Waals surface area contributed by atoms with E-state index in [1.807, 2.05) is 18.2 Å². The largest absolute Gasteiger partial charge is 0.435 e. The van der Waals surface area contributed by atoms with Gasteiger partial charge in [0.1, 0.15) is 5.75 Å². The lowest BCUT2D eigenvalue weighted by atomic mass is 10.0. The third-order valence-electron chi connectivity index (χ3n) is 2.58. The average Bonchev–Trinajstić information content (AvgIpc) is 2.29. The van der Waals surface area contributed by atoms with E-state index in [0.29, 0.717) is 6.54 Å².